The summed E-state index contributed by atoms with van der Waals surface area (Å²) in [4.78, 5) is 26.7. The summed E-state index contributed by atoms with van der Waals surface area (Å²) in [7, 11) is 0. The minimum Gasteiger partial charge on any atom is -0.349 e. The van der Waals surface area contributed by atoms with Crippen LogP contribution in [0.2, 0.25) is 0 Å². The summed E-state index contributed by atoms with van der Waals surface area (Å²) in [6.45, 7) is 7.48. The molecule has 21 heavy (non-hydrogen) atoms. The van der Waals surface area contributed by atoms with Crippen molar-refractivity contribution in [3.8, 4) is 0 Å². The van der Waals surface area contributed by atoms with Crippen LogP contribution >= 0.6 is 0 Å². The van der Waals surface area contributed by atoms with Crippen LogP contribution in [0.4, 0.5) is 0 Å². The van der Waals surface area contributed by atoms with Crippen molar-refractivity contribution in [3.63, 3.8) is 0 Å². The average molecular weight is 288 g/mol. The SMILES string of the molecule is Cc1cc(C[C@H](C)NC(=O)c2cc(C)c(C)[nH]c2=O)n[nH]1. The van der Waals surface area contributed by atoms with Gasteiger partial charge in [0.05, 0.1) is 5.69 Å². The molecule has 112 valence electrons. The van der Waals surface area contributed by atoms with E-state index < -0.39 is 0 Å². The first-order valence-electron chi connectivity index (χ1n) is 6.89. The first-order valence-corrected chi connectivity index (χ1v) is 6.89. The van der Waals surface area contributed by atoms with Crippen LogP contribution in [0.15, 0.2) is 16.9 Å². The van der Waals surface area contributed by atoms with E-state index in [1.54, 1.807) is 13.0 Å². The van der Waals surface area contributed by atoms with Gasteiger partial charge in [-0.3, -0.25) is 14.7 Å². The normalized spacial score (nSPS) is 12.2. The van der Waals surface area contributed by atoms with Crippen LogP contribution in [0.1, 0.15) is 39.9 Å². The van der Waals surface area contributed by atoms with E-state index in [9.17, 15) is 9.59 Å². The lowest BCUT2D eigenvalue weighted by Gasteiger charge is -2.12. The maximum atomic E-state index is 12.2. The Morgan fingerprint density at radius 2 is 2.05 bits per heavy atom. The maximum absolute atomic E-state index is 12.2. The average Bonchev–Trinajstić information content (AvgIpc) is 2.78. The first kappa shape index (κ1) is 15.0. The monoisotopic (exact) mass is 288 g/mol. The molecule has 0 unspecified atom stereocenters. The number of H-pyrrole nitrogens is 2. The quantitative estimate of drug-likeness (QED) is 0.794. The molecular weight excluding hydrogens is 268 g/mol. The number of aromatic nitrogens is 3. The Morgan fingerprint density at radius 1 is 1.33 bits per heavy atom. The van der Waals surface area contributed by atoms with Gasteiger partial charge in [0.2, 0.25) is 0 Å². The second kappa shape index (κ2) is 5.95. The second-order valence-corrected chi connectivity index (χ2v) is 5.44. The summed E-state index contributed by atoms with van der Waals surface area (Å²) >= 11 is 0. The number of rotatable bonds is 4. The third kappa shape index (κ3) is 3.59. The molecule has 2 heterocycles. The number of carbonyl (C=O) groups excluding carboxylic acids is 1. The zero-order chi connectivity index (χ0) is 15.6. The molecule has 2 aromatic heterocycles. The van der Waals surface area contributed by atoms with E-state index in [1.807, 2.05) is 26.8 Å². The summed E-state index contributed by atoms with van der Waals surface area (Å²) in [6.07, 6.45) is 0.610. The van der Waals surface area contributed by atoms with Gasteiger partial charge < -0.3 is 10.3 Å². The Labute approximate surface area is 123 Å². The van der Waals surface area contributed by atoms with Gasteiger partial charge in [-0.15, -0.1) is 0 Å². The number of aryl methyl sites for hydroxylation is 3. The largest absolute Gasteiger partial charge is 0.349 e. The van der Waals surface area contributed by atoms with Gasteiger partial charge in [-0.1, -0.05) is 0 Å². The van der Waals surface area contributed by atoms with Crippen molar-refractivity contribution in [2.75, 3.05) is 0 Å². The summed E-state index contributed by atoms with van der Waals surface area (Å²) < 4.78 is 0. The Kier molecular flexibility index (Phi) is 4.26. The molecule has 0 saturated carbocycles. The molecule has 0 aliphatic heterocycles. The zero-order valence-corrected chi connectivity index (χ0v) is 12.7. The lowest BCUT2D eigenvalue weighted by molar-refractivity contribution is 0.0938. The van der Waals surface area contributed by atoms with Gasteiger partial charge >= 0.3 is 0 Å². The minimum absolute atomic E-state index is 0.110. The zero-order valence-electron chi connectivity index (χ0n) is 12.7. The smallest absolute Gasteiger partial charge is 0.261 e. The van der Waals surface area contributed by atoms with Crippen molar-refractivity contribution < 1.29 is 4.79 Å². The Hall–Kier alpha value is -2.37. The number of nitrogens with one attached hydrogen (secondary N) is 3. The molecule has 6 nitrogen and oxygen atoms in total. The molecule has 0 spiro atoms. The molecule has 0 aromatic carbocycles. The maximum Gasteiger partial charge on any atom is 0.261 e. The molecule has 0 bridgehead atoms. The molecule has 0 saturated heterocycles. The lowest BCUT2D eigenvalue weighted by atomic mass is 10.1. The van der Waals surface area contributed by atoms with Crippen LogP contribution in [-0.2, 0) is 6.42 Å². The molecule has 0 radical (unpaired) electrons. The number of hydrogen-bond donors (Lipinski definition) is 3. The Morgan fingerprint density at radius 3 is 2.67 bits per heavy atom. The summed E-state index contributed by atoms with van der Waals surface area (Å²) in [5.74, 6) is -0.362. The van der Waals surface area contributed by atoms with E-state index in [2.05, 4.69) is 20.5 Å². The number of nitrogens with zero attached hydrogens (tertiary/aromatic N) is 1. The number of pyridine rings is 1. The molecule has 0 aliphatic rings. The highest BCUT2D eigenvalue weighted by Gasteiger charge is 2.15. The van der Waals surface area contributed by atoms with Gasteiger partial charge in [0.15, 0.2) is 0 Å². The van der Waals surface area contributed by atoms with Crippen LogP contribution in [0.5, 0.6) is 0 Å². The lowest BCUT2D eigenvalue weighted by Crippen LogP contribution is -2.37. The second-order valence-electron chi connectivity index (χ2n) is 5.44. The van der Waals surface area contributed by atoms with Gasteiger partial charge in [-0.25, -0.2) is 0 Å². The fourth-order valence-corrected chi connectivity index (χ4v) is 2.14. The summed E-state index contributed by atoms with van der Waals surface area (Å²) in [6, 6.07) is 3.45. The Balaban J connectivity index is 2.07. The molecule has 2 rings (SSSR count). The number of amides is 1. The molecule has 1 atom stereocenters. The third-order valence-electron chi connectivity index (χ3n) is 3.39. The van der Waals surface area contributed by atoms with Gasteiger partial charge in [0, 0.05) is 23.9 Å². The summed E-state index contributed by atoms with van der Waals surface area (Å²) in [5.41, 5.74) is 3.30. The van der Waals surface area contributed by atoms with Crippen molar-refractivity contribution in [1.82, 2.24) is 20.5 Å². The standard InChI is InChI=1S/C15H20N4O2/c1-8-5-13(15(21)17-11(8)4)14(20)16-9(2)6-12-7-10(3)18-19-12/h5,7,9H,6H2,1-4H3,(H,16,20)(H,17,21)(H,18,19)/t9-/m0/s1. The fraction of sp³-hybridized carbons (Fsp3) is 0.400. The molecule has 0 aliphatic carbocycles. The highest BCUT2D eigenvalue weighted by Crippen LogP contribution is 2.05. The van der Waals surface area contributed by atoms with E-state index in [0.717, 1.165) is 22.6 Å². The number of aromatic amines is 2. The van der Waals surface area contributed by atoms with Crippen LogP contribution in [-0.4, -0.2) is 27.1 Å². The molecule has 6 heteroatoms. The summed E-state index contributed by atoms with van der Waals surface area (Å²) in [5, 5.41) is 9.83. The van der Waals surface area contributed by atoms with Crippen molar-refractivity contribution in [3.05, 3.63) is 50.7 Å². The van der Waals surface area contributed by atoms with Crippen LogP contribution in [0.25, 0.3) is 0 Å². The molecule has 2 aromatic rings. The van der Waals surface area contributed by atoms with Crippen molar-refractivity contribution >= 4 is 5.91 Å². The number of carbonyl (C=O) groups is 1. The van der Waals surface area contributed by atoms with Crippen LogP contribution < -0.4 is 10.9 Å². The van der Waals surface area contributed by atoms with Crippen molar-refractivity contribution in [2.24, 2.45) is 0 Å². The van der Waals surface area contributed by atoms with Gasteiger partial charge in [-0.2, -0.15) is 5.10 Å². The molecule has 0 fully saturated rings. The fourth-order valence-electron chi connectivity index (χ4n) is 2.14. The van der Waals surface area contributed by atoms with Crippen molar-refractivity contribution in [2.45, 2.75) is 40.2 Å². The molecule has 1 amide bonds. The minimum atomic E-state index is -0.363. The highest BCUT2D eigenvalue weighted by molar-refractivity contribution is 5.94. The van der Waals surface area contributed by atoms with Crippen LogP contribution in [0.3, 0.4) is 0 Å². The van der Waals surface area contributed by atoms with E-state index in [1.165, 1.54) is 0 Å². The van der Waals surface area contributed by atoms with E-state index >= 15 is 0 Å². The van der Waals surface area contributed by atoms with E-state index in [0.29, 0.717) is 6.42 Å². The Bertz CT molecular complexity index is 715. The third-order valence-corrected chi connectivity index (χ3v) is 3.39. The van der Waals surface area contributed by atoms with Gasteiger partial charge in [0.25, 0.3) is 11.5 Å². The van der Waals surface area contributed by atoms with Gasteiger partial charge in [-0.05, 0) is 45.4 Å². The van der Waals surface area contributed by atoms with Gasteiger partial charge in [0.1, 0.15) is 5.56 Å². The predicted molar refractivity (Wildman–Crippen MR) is 80.5 cm³/mol. The highest BCUT2D eigenvalue weighted by atomic mass is 16.2. The number of hydrogen-bond acceptors (Lipinski definition) is 3. The molecular formula is C15H20N4O2. The first-order chi connectivity index (χ1) is 9.86. The van der Waals surface area contributed by atoms with Crippen LogP contribution in [0, 0.1) is 20.8 Å². The predicted octanol–water partition coefficient (Wildman–Crippen LogP) is 1.38. The topological polar surface area (TPSA) is 90.6 Å². The van der Waals surface area contributed by atoms with Crippen molar-refractivity contribution in [1.29, 1.82) is 0 Å². The molecule has 3 N–H and O–H groups in total. The van der Waals surface area contributed by atoms with E-state index in [-0.39, 0.29) is 23.1 Å². The van der Waals surface area contributed by atoms with E-state index in [4.69, 9.17) is 0 Å².